The number of carbonyl (C=O) groups is 1. The molecule has 0 saturated heterocycles. The smallest absolute Gasteiger partial charge is 0.405 e. The lowest BCUT2D eigenvalue weighted by Crippen LogP contribution is -2.16. The molecule has 0 bridgehead atoms. The molecule has 0 saturated carbocycles. The van der Waals surface area contributed by atoms with Gasteiger partial charge >= 0.3 is 6.09 Å². The molecule has 0 spiro atoms. The monoisotopic (exact) mass is 276 g/mol. The number of fused-ring (bicyclic) bond motifs is 1. The van der Waals surface area contributed by atoms with Crippen LogP contribution in [0, 0.1) is 0 Å². The normalized spacial score (nSPS) is 12.1. The van der Waals surface area contributed by atoms with E-state index in [2.05, 4.69) is 11.6 Å². The Balaban J connectivity index is 2.60. The summed E-state index contributed by atoms with van der Waals surface area (Å²) >= 11 is 6.16. The summed E-state index contributed by atoms with van der Waals surface area (Å²) in [6.07, 6.45) is 0.259. The number of carbonyl (C=O) groups excluding carboxylic acids is 1. The zero-order valence-corrected chi connectivity index (χ0v) is 11.1. The Kier molecular flexibility index (Phi) is 3.71. The first-order valence-corrected chi connectivity index (χ1v) is 6.08. The minimum Gasteiger partial charge on any atom is -0.440 e. The fraction of sp³-hybridized carbons (Fsp3) is 0.143. The van der Waals surface area contributed by atoms with Crippen molar-refractivity contribution in [2.24, 2.45) is 5.73 Å². The zero-order chi connectivity index (χ0) is 14.0. The van der Waals surface area contributed by atoms with Gasteiger partial charge in [0.15, 0.2) is 0 Å². The van der Waals surface area contributed by atoms with Gasteiger partial charge in [-0.05, 0) is 30.5 Å². The van der Waals surface area contributed by atoms with Crippen LogP contribution in [0.15, 0.2) is 30.8 Å². The largest absolute Gasteiger partial charge is 0.440 e. The third kappa shape index (κ3) is 2.69. The molecule has 2 N–H and O–H groups in total. The van der Waals surface area contributed by atoms with Gasteiger partial charge in [-0.25, -0.2) is 9.78 Å². The van der Waals surface area contributed by atoms with Gasteiger partial charge in [0.25, 0.3) is 0 Å². The highest BCUT2D eigenvalue weighted by molar-refractivity contribution is 6.36. The number of pyridine rings is 1. The lowest BCUT2D eigenvalue weighted by molar-refractivity contribution is 0.114. The molecule has 5 heteroatoms. The number of rotatable bonds is 3. The Bertz CT molecular complexity index is 655. The second-order valence-corrected chi connectivity index (χ2v) is 4.46. The lowest BCUT2D eigenvalue weighted by Gasteiger charge is -2.13. The van der Waals surface area contributed by atoms with E-state index in [-0.39, 0.29) is 0 Å². The fourth-order valence-electron chi connectivity index (χ4n) is 1.91. The van der Waals surface area contributed by atoms with Crippen molar-refractivity contribution in [3.05, 3.63) is 47.3 Å². The molecule has 4 nitrogen and oxygen atoms in total. The molecule has 98 valence electrons. The molecule has 1 amide bonds. The topological polar surface area (TPSA) is 65.2 Å². The molecular formula is C14H13ClN2O2. The third-order valence-electron chi connectivity index (χ3n) is 2.76. The van der Waals surface area contributed by atoms with Crippen LogP contribution < -0.4 is 5.73 Å². The number of ether oxygens (including phenoxy) is 1. The molecule has 0 fully saturated rings. The summed E-state index contributed by atoms with van der Waals surface area (Å²) in [6.45, 7) is 5.43. The first-order valence-electron chi connectivity index (χ1n) is 5.70. The van der Waals surface area contributed by atoms with Crippen LogP contribution in [0.2, 0.25) is 5.02 Å². The van der Waals surface area contributed by atoms with Gasteiger partial charge in [-0.15, -0.1) is 0 Å². The first kappa shape index (κ1) is 13.4. The summed E-state index contributed by atoms with van der Waals surface area (Å²) < 4.78 is 4.92. The van der Waals surface area contributed by atoms with Gasteiger partial charge in [0.05, 0.1) is 16.4 Å². The Morgan fingerprint density at radius 3 is 2.95 bits per heavy atom. The van der Waals surface area contributed by atoms with Gasteiger partial charge in [0.1, 0.15) is 6.10 Å². The van der Waals surface area contributed by atoms with Crippen LogP contribution in [-0.4, -0.2) is 11.1 Å². The molecule has 0 aliphatic carbocycles. The Labute approximate surface area is 115 Å². The highest BCUT2D eigenvalue weighted by Crippen LogP contribution is 2.29. The van der Waals surface area contributed by atoms with Crippen molar-refractivity contribution in [2.45, 2.75) is 13.0 Å². The molecule has 1 unspecified atom stereocenters. The van der Waals surface area contributed by atoms with E-state index >= 15 is 0 Å². The maximum Gasteiger partial charge on any atom is 0.405 e. The predicted molar refractivity (Wildman–Crippen MR) is 75.9 cm³/mol. The Morgan fingerprint density at radius 1 is 1.58 bits per heavy atom. The van der Waals surface area contributed by atoms with E-state index in [0.29, 0.717) is 16.4 Å². The van der Waals surface area contributed by atoms with Crippen LogP contribution in [0.4, 0.5) is 4.79 Å². The number of nitrogens with two attached hydrogens (primary N) is 1. The number of hydrogen-bond donors (Lipinski definition) is 1. The SMILES string of the molecule is C=Cc1nc(C(C)OC(N)=O)cc2cccc(Cl)c12. The molecule has 1 aromatic heterocycles. The highest BCUT2D eigenvalue weighted by atomic mass is 35.5. The Hall–Kier alpha value is -2.07. The average molecular weight is 277 g/mol. The summed E-state index contributed by atoms with van der Waals surface area (Å²) in [6, 6.07) is 7.38. The van der Waals surface area contributed by atoms with Gasteiger partial charge < -0.3 is 10.5 Å². The molecule has 1 atom stereocenters. The van der Waals surface area contributed by atoms with E-state index in [0.717, 1.165) is 10.8 Å². The molecule has 0 radical (unpaired) electrons. The minimum absolute atomic E-state index is 0.528. The van der Waals surface area contributed by atoms with Crippen LogP contribution in [0.1, 0.15) is 24.4 Å². The van der Waals surface area contributed by atoms with E-state index in [1.165, 1.54) is 0 Å². The summed E-state index contributed by atoms with van der Waals surface area (Å²) in [5.41, 5.74) is 6.26. The standard InChI is InChI=1S/C14H13ClN2O2/c1-3-11-13-9(5-4-6-10(13)15)7-12(17-11)8(2)19-14(16)18/h3-8H,1H2,2H3,(H2,16,18). The van der Waals surface area contributed by atoms with Crippen molar-refractivity contribution in [3.63, 3.8) is 0 Å². The van der Waals surface area contributed by atoms with E-state index < -0.39 is 12.2 Å². The van der Waals surface area contributed by atoms with Gasteiger partial charge in [-0.2, -0.15) is 0 Å². The van der Waals surface area contributed by atoms with E-state index in [1.54, 1.807) is 19.1 Å². The Morgan fingerprint density at radius 2 is 2.32 bits per heavy atom. The van der Waals surface area contributed by atoms with Crippen molar-refractivity contribution >= 4 is 34.5 Å². The fourth-order valence-corrected chi connectivity index (χ4v) is 2.19. The number of halogens is 1. The van der Waals surface area contributed by atoms with Crippen molar-refractivity contribution in [3.8, 4) is 0 Å². The molecular weight excluding hydrogens is 264 g/mol. The maximum absolute atomic E-state index is 10.8. The average Bonchev–Trinajstić information content (AvgIpc) is 2.36. The molecule has 2 aromatic rings. The van der Waals surface area contributed by atoms with Crippen LogP contribution in [0.3, 0.4) is 0 Å². The number of aromatic nitrogens is 1. The minimum atomic E-state index is -0.833. The van der Waals surface area contributed by atoms with Crippen LogP contribution in [0.5, 0.6) is 0 Å². The molecule has 0 aliphatic rings. The molecule has 1 heterocycles. The number of nitrogens with zero attached hydrogens (tertiary/aromatic N) is 1. The zero-order valence-electron chi connectivity index (χ0n) is 10.4. The summed E-state index contributed by atoms with van der Waals surface area (Å²) in [7, 11) is 0. The molecule has 2 rings (SSSR count). The van der Waals surface area contributed by atoms with Gasteiger partial charge in [-0.1, -0.05) is 30.3 Å². The van der Waals surface area contributed by atoms with Crippen molar-refractivity contribution in [1.29, 1.82) is 0 Å². The number of amides is 1. The van der Waals surface area contributed by atoms with Crippen molar-refractivity contribution < 1.29 is 9.53 Å². The van der Waals surface area contributed by atoms with Crippen molar-refractivity contribution in [1.82, 2.24) is 4.98 Å². The predicted octanol–water partition coefficient (Wildman–Crippen LogP) is 3.69. The second kappa shape index (κ2) is 5.28. The number of benzene rings is 1. The van der Waals surface area contributed by atoms with E-state index in [4.69, 9.17) is 22.1 Å². The van der Waals surface area contributed by atoms with E-state index in [1.807, 2.05) is 18.2 Å². The quantitative estimate of drug-likeness (QED) is 0.930. The summed E-state index contributed by atoms with van der Waals surface area (Å²) in [5, 5.41) is 2.34. The first-order chi connectivity index (χ1) is 9.02. The number of hydrogen-bond acceptors (Lipinski definition) is 3. The van der Waals surface area contributed by atoms with Crippen molar-refractivity contribution in [2.75, 3.05) is 0 Å². The van der Waals surface area contributed by atoms with Gasteiger partial charge in [-0.3, -0.25) is 0 Å². The van der Waals surface area contributed by atoms with Gasteiger partial charge in [0, 0.05) is 5.39 Å². The maximum atomic E-state index is 10.8. The summed E-state index contributed by atoms with van der Waals surface area (Å²) in [4.78, 5) is 15.2. The van der Waals surface area contributed by atoms with Crippen LogP contribution in [0.25, 0.3) is 16.8 Å². The summed E-state index contributed by atoms with van der Waals surface area (Å²) in [5.74, 6) is 0. The molecule has 0 aliphatic heterocycles. The second-order valence-electron chi connectivity index (χ2n) is 4.05. The van der Waals surface area contributed by atoms with E-state index in [9.17, 15) is 4.79 Å². The lowest BCUT2D eigenvalue weighted by atomic mass is 10.1. The van der Waals surface area contributed by atoms with Gasteiger partial charge in [0.2, 0.25) is 0 Å². The van der Waals surface area contributed by atoms with Crippen LogP contribution in [-0.2, 0) is 4.74 Å². The number of primary amides is 1. The van der Waals surface area contributed by atoms with Crippen LogP contribution >= 0.6 is 11.6 Å². The third-order valence-corrected chi connectivity index (χ3v) is 3.07. The molecule has 19 heavy (non-hydrogen) atoms. The molecule has 1 aromatic carbocycles. The highest BCUT2D eigenvalue weighted by Gasteiger charge is 2.14.